The number of nitrogens with zero attached hydrogens (tertiary/aromatic N) is 2. The molecule has 9 rings (SSSR count). The summed E-state index contributed by atoms with van der Waals surface area (Å²) in [5.41, 5.74) is 14.6. The van der Waals surface area contributed by atoms with Crippen LogP contribution in [0.15, 0.2) is 140 Å². The van der Waals surface area contributed by atoms with Gasteiger partial charge in [-0.15, -0.1) is 0 Å². The molecule has 8 bridgehead atoms. The lowest BCUT2D eigenvalue weighted by Crippen LogP contribution is -2.66. The molecule has 2 N–H and O–H groups in total. The van der Waals surface area contributed by atoms with Gasteiger partial charge in [-0.2, -0.15) is 0 Å². The standard InChI is InChI=1S/C47H38N4Si/c1-31-14-18-33(19-15-31)45-39-24-22-35(48-39)30-36-23-25-40(49-36)46(34-20-16-32(2)17-21-34)42-27-29-44(51-42)47(43-28-26-41(45)50-43)52(3,37-10-6-4-7-11-37)38-12-8-5-9-13-38/h4-30,48-49H,1-3H3. The molecule has 250 valence electrons. The SMILES string of the molecule is Cc1ccc(-c2c3nc(c([Si](C)(c4ccccc4)c4ccccc4)c4nc(c(-c5ccc(C)cc5)c5ccc(cc6ccc2[nH]6)[nH]5)C=C4)C=C3)cc1. The molecule has 2 aliphatic rings. The molecule has 4 aromatic carbocycles. The zero-order valence-corrected chi connectivity index (χ0v) is 30.5. The molecule has 0 saturated carbocycles. The maximum Gasteiger partial charge on any atom is 0.151 e. The first kappa shape index (κ1) is 31.7. The van der Waals surface area contributed by atoms with Gasteiger partial charge in [-0.1, -0.05) is 127 Å². The highest BCUT2D eigenvalue weighted by atomic mass is 28.3. The molecular weight excluding hydrogens is 649 g/mol. The molecule has 0 fully saturated rings. The van der Waals surface area contributed by atoms with E-state index < -0.39 is 8.07 Å². The second-order valence-electron chi connectivity index (χ2n) is 13.9. The second kappa shape index (κ2) is 12.8. The minimum absolute atomic E-state index is 0.926. The van der Waals surface area contributed by atoms with E-state index in [-0.39, 0.29) is 0 Å². The Morgan fingerprint density at radius 1 is 0.442 bits per heavy atom. The van der Waals surface area contributed by atoms with Gasteiger partial charge in [0.05, 0.1) is 22.8 Å². The lowest BCUT2D eigenvalue weighted by Gasteiger charge is -2.30. The summed E-state index contributed by atoms with van der Waals surface area (Å²) in [6.45, 7) is 6.70. The van der Waals surface area contributed by atoms with E-state index in [2.05, 4.69) is 194 Å². The van der Waals surface area contributed by atoms with Crippen molar-refractivity contribution in [2.24, 2.45) is 0 Å². The number of aryl methyl sites for hydroxylation is 2. The van der Waals surface area contributed by atoms with Gasteiger partial charge in [0.1, 0.15) is 0 Å². The van der Waals surface area contributed by atoms with Crippen molar-refractivity contribution in [3.05, 3.63) is 173 Å². The van der Waals surface area contributed by atoms with Gasteiger partial charge in [0.2, 0.25) is 0 Å². The third kappa shape index (κ3) is 5.56. The van der Waals surface area contributed by atoms with E-state index in [0.29, 0.717) is 0 Å². The van der Waals surface area contributed by atoms with Gasteiger partial charge in [-0.05, 0) is 90.0 Å². The van der Waals surface area contributed by atoms with E-state index in [1.807, 2.05) is 0 Å². The first-order valence-corrected chi connectivity index (χ1v) is 20.3. The Balaban J connectivity index is 1.47. The molecule has 4 nitrogen and oxygen atoms in total. The Morgan fingerprint density at radius 2 is 0.846 bits per heavy atom. The van der Waals surface area contributed by atoms with Crippen LogP contribution >= 0.6 is 0 Å². The molecule has 0 amide bonds. The Hall–Kier alpha value is -6.30. The summed E-state index contributed by atoms with van der Waals surface area (Å²) >= 11 is 0. The van der Waals surface area contributed by atoms with Gasteiger partial charge in [0, 0.05) is 38.4 Å². The van der Waals surface area contributed by atoms with Gasteiger partial charge in [-0.25, -0.2) is 9.97 Å². The number of H-pyrrole nitrogens is 2. The number of fused-ring (bicyclic) bond motifs is 8. The number of benzene rings is 4. The van der Waals surface area contributed by atoms with Gasteiger partial charge in [-0.3, -0.25) is 0 Å². The fraction of sp³-hybridized carbons (Fsp3) is 0.0638. The topological polar surface area (TPSA) is 57.4 Å². The van der Waals surface area contributed by atoms with Crippen LogP contribution in [0, 0.1) is 13.8 Å². The number of nitrogens with one attached hydrogen (secondary N) is 2. The number of aromatic amines is 2. The normalized spacial score (nSPS) is 12.4. The van der Waals surface area contributed by atoms with Crippen LogP contribution in [0.3, 0.4) is 0 Å². The van der Waals surface area contributed by atoms with Crippen molar-refractivity contribution >= 4 is 70.0 Å². The Labute approximate surface area is 305 Å². The van der Waals surface area contributed by atoms with Crippen LogP contribution in [0.1, 0.15) is 33.9 Å². The first-order chi connectivity index (χ1) is 25.4. The van der Waals surface area contributed by atoms with Gasteiger partial charge in [0.25, 0.3) is 0 Å². The van der Waals surface area contributed by atoms with Gasteiger partial charge in [0.15, 0.2) is 8.07 Å². The second-order valence-corrected chi connectivity index (χ2v) is 17.8. The lowest BCUT2D eigenvalue weighted by atomic mass is 10.0. The zero-order valence-electron chi connectivity index (χ0n) is 29.5. The summed E-state index contributed by atoms with van der Waals surface area (Å²) < 4.78 is 0. The number of hydrogen-bond acceptors (Lipinski definition) is 2. The Kier molecular flexibility index (Phi) is 7.79. The average molecular weight is 687 g/mol. The van der Waals surface area contributed by atoms with Gasteiger partial charge < -0.3 is 9.97 Å². The summed E-state index contributed by atoms with van der Waals surface area (Å²) in [4.78, 5) is 18.6. The van der Waals surface area contributed by atoms with E-state index in [1.54, 1.807) is 0 Å². The van der Waals surface area contributed by atoms with E-state index in [0.717, 1.165) is 67.1 Å². The van der Waals surface area contributed by atoms with Crippen molar-refractivity contribution in [2.75, 3.05) is 0 Å². The first-order valence-electron chi connectivity index (χ1n) is 17.8. The molecular formula is C47H38N4Si. The van der Waals surface area contributed by atoms with Crippen LogP contribution in [-0.2, 0) is 0 Å². The van der Waals surface area contributed by atoms with Crippen molar-refractivity contribution in [3.8, 4) is 22.3 Å². The maximum absolute atomic E-state index is 5.56. The Bertz CT molecular complexity index is 2500. The van der Waals surface area contributed by atoms with E-state index in [1.165, 1.54) is 26.7 Å². The zero-order chi connectivity index (χ0) is 35.2. The average Bonchev–Trinajstić information content (AvgIpc) is 4.01. The summed E-state index contributed by atoms with van der Waals surface area (Å²) in [5, 5.41) is 3.81. The number of aromatic nitrogens is 4. The predicted molar refractivity (Wildman–Crippen MR) is 223 cm³/mol. The molecule has 5 heteroatoms. The van der Waals surface area contributed by atoms with Crippen molar-refractivity contribution in [3.63, 3.8) is 0 Å². The lowest BCUT2D eigenvalue weighted by molar-refractivity contribution is 1.29. The van der Waals surface area contributed by atoms with Crippen LogP contribution in [0.25, 0.3) is 68.6 Å². The van der Waals surface area contributed by atoms with Crippen LogP contribution in [0.4, 0.5) is 0 Å². The van der Waals surface area contributed by atoms with E-state index >= 15 is 0 Å². The fourth-order valence-corrected chi connectivity index (χ4v) is 11.6. The molecule has 7 aromatic rings. The monoisotopic (exact) mass is 686 g/mol. The molecule has 0 atom stereocenters. The molecule has 0 saturated heterocycles. The minimum Gasteiger partial charge on any atom is -0.355 e. The number of rotatable bonds is 5. The van der Waals surface area contributed by atoms with Crippen molar-refractivity contribution in [2.45, 2.75) is 20.4 Å². The fourth-order valence-electron chi connectivity index (χ4n) is 7.70. The van der Waals surface area contributed by atoms with Crippen molar-refractivity contribution < 1.29 is 0 Å². The number of hydrogen-bond donors (Lipinski definition) is 2. The quantitative estimate of drug-likeness (QED) is 0.177. The highest BCUT2D eigenvalue weighted by molar-refractivity contribution is 7.11. The maximum atomic E-state index is 5.56. The van der Waals surface area contributed by atoms with Gasteiger partial charge >= 0.3 is 0 Å². The van der Waals surface area contributed by atoms with Crippen molar-refractivity contribution in [1.82, 2.24) is 19.9 Å². The molecule has 0 aliphatic carbocycles. The van der Waals surface area contributed by atoms with E-state index in [4.69, 9.17) is 9.97 Å². The largest absolute Gasteiger partial charge is 0.355 e. The molecule has 5 heterocycles. The smallest absolute Gasteiger partial charge is 0.151 e. The summed E-state index contributed by atoms with van der Waals surface area (Å²) in [6, 6.07) is 50.2. The Morgan fingerprint density at radius 3 is 1.27 bits per heavy atom. The third-order valence-corrected chi connectivity index (χ3v) is 14.9. The summed E-state index contributed by atoms with van der Waals surface area (Å²) in [7, 11) is -2.71. The third-order valence-electron chi connectivity index (χ3n) is 10.5. The molecule has 0 unspecified atom stereocenters. The highest BCUT2D eigenvalue weighted by Gasteiger charge is 2.39. The van der Waals surface area contributed by atoms with E-state index in [9.17, 15) is 0 Å². The molecule has 2 aliphatic heterocycles. The summed E-state index contributed by atoms with van der Waals surface area (Å²) in [6.07, 6.45) is 8.78. The van der Waals surface area contributed by atoms with Crippen LogP contribution in [0.5, 0.6) is 0 Å². The molecule has 0 radical (unpaired) electrons. The molecule has 3 aromatic heterocycles. The summed E-state index contributed by atoms with van der Waals surface area (Å²) in [5.74, 6) is 0. The van der Waals surface area contributed by atoms with Crippen LogP contribution in [-0.4, -0.2) is 28.0 Å². The van der Waals surface area contributed by atoms with Crippen LogP contribution in [0.2, 0.25) is 6.55 Å². The molecule has 52 heavy (non-hydrogen) atoms. The minimum atomic E-state index is -2.71. The molecule has 0 spiro atoms. The highest BCUT2D eigenvalue weighted by Crippen LogP contribution is 2.33. The van der Waals surface area contributed by atoms with Crippen molar-refractivity contribution in [1.29, 1.82) is 0 Å². The van der Waals surface area contributed by atoms with Crippen LogP contribution < -0.4 is 15.6 Å². The predicted octanol–water partition coefficient (Wildman–Crippen LogP) is 9.71.